The number of anilines is 1. The van der Waals surface area contributed by atoms with Gasteiger partial charge >= 0.3 is 0 Å². The highest BCUT2D eigenvalue weighted by Gasteiger charge is 2.11. The lowest BCUT2D eigenvalue weighted by atomic mass is 10.2. The van der Waals surface area contributed by atoms with Crippen molar-refractivity contribution in [2.45, 2.75) is 13.1 Å². The predicted octanol–water partition coefficient (Wildman–Crippen LogP) is 3.59. The van der Waals surface area contributed by atoms with Crippen molar-refractivity contribution in [2.24, 2.45) is 5.73 Å². The molecule has 0 fully saturated rings. The minimum atomic E-state index is 0.417. The molecule has 5 heteroatoms. The average Bonchev–Trinajstić information content (AvgIpc) is 2.41. The van der Waals surface area contributed by atoms with Crippen LogP contribution in [0.1, 0.15) is 11.1 Å². The number of nitrogens with two attached hydrogens (primary N) is 1. The fourth-order valence-corrected chi connectivity index (χ4v) is 2.43. The molecular weight excluding hydrogens is 326 g/mol. The number of aromatic nitrogens is 1. The van der Waals surface area contributed by atoms with Crippen molar-refractivity contribution in [3.8, 4) is 0 Å². The first kappa shape index (κ1) is 14.3. The minimum Gasteiger partial charge on any atom is -0.354 e. The third-order valence-corrected chi connectivity index (χ3v) is 3.81. The Bertz CT molecular complexity index is 557. The number of nitrogens with zero attached hydrogens (tertiary/aromatic N) is 2. The van der Waals surface area contributed by atoms with Gasteiger partial charge in [0, 0.05) is 30.8 Å². The largest absolute Gasteiger partial charge is 0.354 e. The first-order valence-electron chi connectivity index (χ1n) is 5.91. The highest BCUT2D eigenvalue weighted by molar-refractivity contribution is 9.10. The summed E-state index contributed by atoms with van der Waals surface area (Å²) in [5, 5.41) is 0.629. The molecule has 0 bridgehead atoms. The molecule has 1 aromatic heterocycles. The number of benzene rings is 1. The van der Waals surface area contributed by atoms with Crippen molar-refractivity contribution in [1.82, 2.24) is 4.98 Å². The van der Waals surface area contributed by atoms with E-state index in [1.165, 1.54) is 5.56 Å². The zero-order chi connectivity index (χ0) is 13.8. The van der Waals surface area contributed by atoms with Gasteiger partial charge in [0.1, 0.15) is 5.82 Å². The standard InChI is InChI=1S/C14H15BrClN3/c1-19(9-10-2-4-12(15)5-3-10)14-13(16)11(8-17)6-7-18-14/h2-7H,8-9,17H2,1H3. The summed E-state index contributed by atoms with van der Waals surface area (Å²) in [6.07, 6.45) is 1.74. The number of halogens is 2. The zero-order valence-electron chi connectivity index (χ0n) is 10.6. The van der Waals surface area contributed by atoms with Gasteiger partial charge in [0.25, 0.3) is 0 Å². The molecule has 1 aromatic carbocycles. The third-order valence-electron chi connectivity index (χ3n) is 2.87. The molecule has 100 valence electrons. The summed E-state index contributed by atoms with van der Waals surface area (Å²) >= 11 is 9.73. The van der Waals surface area contributed by atoms with Crippen molar-refractivity contribution in [3.05, 3.63) is 57.2 Å². The highest BCUT2D eigenvalue weighted by atomic mass is 79.9. The fraction of sp³-hybridized carbons (Fsp3) is 0.214. The summed E-state index contributed by atoms with van der Waals surface area (Å²) in [5.74, 6) is 0.757. The number of pyridine rings is 1. The molecule has 2 aromatic rings. The molecule has 0 aliphatic carbocycles. The molecule has 2 rings (SSSR count). The quantitative estimate of drug-likeness (QED) is 0.925. The maximum atomic E-state index is 6.30. The monoisotopic (exact) mass is 339 g/mol. The molecule has 0 unspecified atom stereocenters. The van der Waals surface area contributed by atoms with E-state index in [1.807, 2.05) is 30.1 Å². The van der Waals surface area contributed by atoms with Gasteiger partial charge in [0.15, 0.2) is 0 Å². The van der Waals surface area contributed by atoms with E-state index in [1.54, 1.807) is 6.20 Å². The molecule has 0 amide bonds. The fourth-order valence-electron chi connectivity index (χ4n) is 1.83. The topological polar surface area (TPSA) is 42.2 Å². The van der Waals surface area contributed by atoms with Crippen LogP contribution in [0.2, 0.25) is 5.02 Å². The lowest BCUT2D eigenvalue weighted by Crippen LogP contribution is -2.18. The molecule has 0 saturated heterocycles. The molecule has 0 aliphatic heterocycles. The first-order valence-corrected chi connectivity index (χ1v) is 7.08. The van der Waals surface area contributed by atoms with Crippen molar-refractivity contribution in [2.75, 3.05) is 11.9 Å². The van der Waals surface area contributed by atoms with Crippen LogP contribution in [0.5, 0.6) is 0 Å². The number of hydrogen-bond acceptors (Lipinski definition) is 3. The Morgan fingerprint density at radius 1 is 1.26 bits per heavy atom. The van der Waals surface area contributed by atoms with Gasteiger partial charge in [0.2, 0.25) is 0 Å². The van der Waals surface area contributed by atoms with Crippen LogP contribution in [-0.4, -0.2) is 12.0 Å². The van der Waals surface area contributed by atoms with Crippen LogP contribution < -0.4 is 10.6 Å². The van der Waals surface area contributed by atoms with Crippen LogP contribution in [0.4, 0.5) is 5.82 Å². The molecule has 0 spiro atoms. The predicted molar refractivity (Wildman–Crippen MR) is 83.4 cm³/mol. The van der Waals surface area contributed by atoms with Gasteiger partial charge in [-0.15, -0.1) is 0 Å². The molecule has 0 aliphatic rings. The maximum Gasteiger partial charge on any atom is 0.147 e. The van der Waals surface area contributed by atoms with E-state index in [0.717, 1.165) is 22.4 Å². The Kier molecular flexibility index (Phi) is 4.80. The molecule has 2 N–H and O–H groups in total. The van der Waals surface area contributed by atoms with Gasteiger partial charge in [0.05, 0.1) is 5.02 Å². The Labute approximate surface area is 126 Å². The van der Waals surface area contributed by atoms with E-state index in [2.05, 4.69) is 33.0 Å². The summed E-state index contributed by atoms with van der Waals surface area (Å²) in [6, 6.07) is 10.0. The molecule has 0 saturated carbocycles. The van der Waals surface area contributed by atoms with Gasteiger partial charge in [-0.1, -0.05) is 39.7 Å². The third kappa shape index (κ3) is 3.47. The van der Waals surface area contributed by atoms with Crippen LogP contribution in [0, 0.1) is 0 Å². The van der Waals surface area contributed by atoms with Crippen LogP contribution >= 0.6 is 27.5 Å². The van der Waals surface area contributed by atoms with Gasteiger partial charge in [-0.05, 0) is 29.3 Å². The molecule has 3 nitrogen and oxygen atoms in total. The van der Waals surface area contributed by atoms with Gasteiger partial charge < -0.3 is 10.6 Å². The van der Waals surface area contributed by atoms with E-state index >= 15 is 0 Å². The molecular formula is C14H15BrClN3. The van der Waals surface area contributed by atoms with E-state index in [-0.39, 0.29) is 0 Å². The smallest absolute Gasteiger partial charge is 0.147 e. The van der Waals surface area contributed by atoms with E-state index in [9.17, 15) is 0 Å². The highest BCUT2D eigenvalue weighted by Crippen LogP contribution is 2.27. The number of rotatable bonds is 4. The number of hydrogen-bond donors (Lipinski definition) is 1. The summed E-state index contributed by atoms with van der Waals surface area (Å²) in [7, 11) is 1.97. The van der Waals surface area contributed by atoms with Crippen molar-refractivity contribution in [1.29, 1.82) is 0 Å². The van der Waals surface area contributed by atoms with Crippen LogP contribution in [-0.2, 0) is 13.1 Å². The summed E-state index contributed by atoms with van der Waals surface area (Å²) in [4.78, 5) is 6.35. The lowest BCUT2D eigenvalue weighted by Gasteiger charge is -2.20. The second-order valence-electron chi connectivity index (χ2n) is 4.29. The Morgan fingerprint density at radius 3 is 2.58 bits per heavy atom. The van der Waals surface area contributed by atoms with E-state index in [4.69, 9.17) is 17.3 Å². The summed E-state index contributed by atoms with van der Waals surface area (Å²) < 4.78 is 1.07. The van der Waals surface area contributed by atoms with Gasteiger partial charge in [-0.2, -0.15) is 0 Å². The second-order valence-corrected chi connectivity index (χ2v) is 5.59. The van der Waals surface area contributed by atoms with Crippen molar-refractivity contribution >= 4 is 33.3 Å². The molecule has 0 radical (unpaired) electrons. The second kappa shape index (κ2) is 6.37. The van der Waals surface area contributed by atoms with E-state index < -0.39 is 0 Å². The molecule has 0 atom stereocenters. The van der Waals surface area contributed by atoms with Gasteiger partial charge in [-0.25, -0.2) is 4.98 Å². The maximum absolute atomic E-state index is 6.30. The normalized spacial score (nSPS) is 10.5. The Balaban J connectivity index is 2.20. The Hall–Kier alpha value is -1.10. The van der Waals surface area contributed by atoms with Crippen LogP contribution in [0.15, 0.2) is 41.0 Å². The molecule has 1 heterocycles. The van der Waals surface area contributed by atoms with Crippen LogP contribution in [0.3, 0.4) is 0 Å². The SMILES string of the molecule is CN(Cc1ccc(Br)cc1)c1nccc(CN)c1Cl. The first-order chi connectivity index (χ1) is 9.11. The minimum absolute atomic E-state index is 0.417. The molecule has 19 heavy (non-hydrogen) atoms. The van der Waals surface area contributed by atoms with Crippen LogP contribution in [0.25, 0.3) is 0 Å². The zero-order valence-corrected chi connectivity index (χ0v) is 12.9. The summed E-state index contributed by atoms with van der Waals surface area (Å²) in [6.45, 7) is 1.16. The summed E-state index contributed by atoms with van der Waals surface area (Å²) in [5.41, 5.74) is 7.76. The average molecular weight is 341 g/mol. The lowest BCUT2D eigenvalue weighted by molar-refractivity contribution is 0.892. The van der Waals surface area contributed by atoms with Crippen molar-refractivity contribution in [3.63, 3.8) is 0 Å². The Morgan fingerprint density at radius 2 is 1.95 bits per heavy atom. The van der Waals surface area contributed by atoms with Crippen molar-refractivity contribution < 1.29 is 0 Å². The van der Waals surface area contributed by atoms with E-state index in [0.29, 0.717) is 11.6 Å². The van der Waals surface area contributed by atoms with Gasteiger partial charge in [-0.3, -0.25) is 0 Å².